The Labute approximate surface area is 109 Å². The molecule has 0 aromatic rings. The van der Waals surface area contributed by atoms with Crippen molar-refractivity contribution < 1.29 is 4.74 Å². The number of hydrogen-bond acceptors (Lipinski definition) is 2. The molecular weight excluding hydrogens is 210 g/mol. The summed E-state index contributed by atoms with van der Waals surface area (Å²) in [5.41, 5.74) is 0. The van der Waals surface area contributed by atoms with Crippen LogP contribution in [0.5, 0.6) is 0 Å². The first-order chi connectivity index (χ1) is 8.13. The quantitative estimate of drug-likeness (QED) is 0.526. The summed E-state index contributed by atoms with van der Waals surface area (Å²) in [7, 11) is 0. The number of hydrogen-bond donors (Lipinski definition) is 1. The molecule has 0 rings (SSSR count). The maximum atomic E-state index is 5.59. The van der Waals surface area contributed by atoms with Gasteiger partial charge in [0.25, 0.3) is 0 Å². The molecule has 0 saturated carbocycles. The molecule has 0 heterocycles. The molecule has 2 heteroatoms. The van der Waals surface area contributed by atoms with E-state index in [2.05, 4.69) is 33.0 Å². The van der Waals surface area contributed by atoms with E-state index < -0.39 is 0 Å². The van der Waals surface area contributed by atoms with Gasteiger partial charge in [-0.15, -0.1) is 0 Å². The van der Waals surface area contributed by atoms with Crippen molar-refractivity contribution in [1.29, 1.82) is 0 Å². The lowest BCUT2D eigenvalue weighted by molar-refractivity contribution is 0.119. The van der Waals surface area contributed by atoms with Crippen LogP contribution in [0.3, 0.4) is 0 Å². The van der Waals surface area contributed by atoms with Gasteiger partial charge in [-0.05, 0) is 44.2 Å². The molecule has 0 aliphatic heterocycles. The summed E-state index contributed by atoms with van der Waals surface area (Å²) in [5, 5.41) is 3.48. The Morgan fingerprint density at radius 1 is 0.824 bits per heavy atom. The Bertz CT molecular complexity index is 130. The van der Waals surface area contributed by atoms with Crippen molar-refractivity contribution in [1.82, 2.24) is 5.32 Å². The smallest absolute Gasteiger partial charge is 0.0468 e. The zero-order valence-corrected chi connectivity index (χ0v) is 12.4. The fourth-order valence-corrected chi connectivity index (χ4v) is 1.62. The van der Waals surface area contributed by atoms with E-state index in [0.717, 1.165) is 31.6 Å². The van der Waals surface area contributed by atoms with Gasteiger partial charge in [-0.25, -0.2) is 0 Å². The fraction of sp³-hybridized carbons (Fsp3) is 1.00. The molecule has 0 radical (unpaired) electrons. The van der Waals surface area contributed by atoms with Crippen molar-refractivity contribution in [2.24, 2.45) is 11.8 Å². The highest BCUT2D eigenvalue weighted by Gasteiger charge is 1.95. The van der Waals surface area contributed by atoms with Gasteiger partial charge in [0.1, 0.15) is 0 Å². The van der Waals surface area contributed by atoms with Gasteiger partial charge in [0.15, 0.2) is 0 Å². The summed E-state index contributed by atoms with van der Waals surface area (Å²) >= 11 is 0. The lowest BCUT2D eigenvalue weighted by Crippen LogP contribution is -2.20. The van der Waals surface area contributed by atoms with E-state index in [0.29, 0.717) is 0 Å². The van der Waals surface area contributed by atoms with Crippen LogP contribution in [-0.4, -0.2) is 26.3 Å². The second-order valence-electron chi connectivity index (χ2n) is 5.81. The van der Waals surface area contributed by atoms with Gasteiger partial charge in [0, 0.05) is 13.2 Å². The summed E-state index contributed by atoms with van der Waals surface area (Å²) in [6.45, 7) is 13.2. The molecule has 0 aromatic carbocycles. The predicted molar refractivity (Wildman–Crippen MR) is 76.4 cm³/mol. The van der Waals surface area contributed by atoms with E-state index >= 15 is 0 Å². The van der Waals surface area contributed by atoms with Crippen LogP contribution in [0.1, 0.15) is 59.8 Å². The molecule has 0 atom stereocenters. The molecule has 1 N–H and O–H groups in total. The first kappa shape index (κ1) is 16.9. The Balaban J connectivity index is 2.94. The number of rotatable bonds is 12. The highest BCUT2D eigenvalue weighted by atomic mass is 16.5. The van der Waals surface area contributed by atoms with E-state index in [-0.39, 0.29) is 0 Å². The summed E-state index contributed by atoms with van der Waals surface area (Å²) in [6, 6.07) is 0. The van der Waals surface area contributed by atoms with Crippen molar-refractivity contribution in [3.05, 3.63) is 0 Å². The van der Waals surface area contributed by atoms with Gasteiger partial charge >= 0.3 is 0 Å². The van der Waals surface area contributed by atoms with Gasteiger partial charge in [0.05, 0.1) is 0 Å². The second-order valence-corrected chi connectivity index (χ2v) is 5.81. The van der Waals surface area contributed by atoms with Gasteiger partial charge < -0.3 is 10.1 Å². The molecule has 0 aliphatic rings. The van der Waals surface area contributed by atoms with Crippen molar-refractivity contribution >= 4 is 0 Å². The molecule has 0 unspecified atom stereocenters. The van der Waals surface area contributed by atoms with Crippen LogP contribution in [0.25, 0.3) is 0 Å². The molecule has 0 fully saturated rings. The zero-order chi connectivity index (χ0) is 12.9. The maximum Gasteiger partial charge on any atom is 0.0468 e. The van der Waals surface area contributed by atoms with E-state index in [4.69, 9.17) is 4.74 Å². The highest BCUT2D eigenvalue weighted by Crippen LogP contribution is 2.02. The minimum Gasteiger partial charge on any atom is -0.381 e. The summed E-state index contributed by atoms with van der Waals surface area (Å²) in [6.07, 6.45) is 6.36. The lowest BCUT2D eigenvalue weighted by Gasteiger charge is -2.08. The largest absolute Gasteiger partial charge is 0.381 e. The maximum absolute atomic E-state index is 5.59. The Kier molecular flexibility index (Phi) is 12.3. The van der Waals surface area contributed by atoms with Crippen LogP contribution in [0.15, 0.2) is 0 Å². The number of ether oxygens (including phenoxy) is 1. The molecule has 0 bridgehead atoms. The van der Waals surface area contributed by atoms with Crippen molar-refractivity contribution in [2.75, 3.05) is 26.3 Å². The molecule has 17 heavy (non-hydrogen) atoms. The minimum atomic E-state index is 0.766. The van der Waals surface area contributed by atoms with Crippen LogP contribution in [0, 0.1) is 11.8 Å². The standard InChI is InChI=1S/C15H33NO/c1-14(2)9-12-17-11-8-6-5-7-10-16-13-15(3)4/h14-16H,5-13H2,1-4H3. The molecule has 0 saturated heterocycles. The lowest BCUT2D eigenvalue weighted by atomic mass is 10.1. The Morgan fingerprint density at radius 3 is 2.18 bits per heavy atom. The van der Waals surface area contributed by atoms with Gasteiger partial charge in [-0.3, -0.25) is 0 Å². The normalized spacial score (nSPS) is 11.6. The SMILES string of the molecule is CC(C)CCOCCCCCCNCC(C)C. The van der Waals surface area contributed by atoms with Gasteiger partial charge in [-0.1, -0.05) is 40.5 Å². The minimum absolute atomic E-state index is 0.766. The molecule has 0 aliphatic carbocycles. The Hall–Kier alpha value is -0.0800. The third kappa shape index (κ3) is 15.9. The molecule has 0 aromatic heterocycles. The summed E-state index contributed by atoms with van der Waals surface area (Å²) in [4.78, 5) is 0. The van der Waals surface area contributed by atoms with Crippen LogP contribution < -0.4 is 5.32 Å². The zero-order valence-electron chi connectivity index (χ0n) is 12.4. The topological polar surface area (TPSA) is 21.3 Å². The van der Waals surface area contributed by atoms with Gasteiger partial charge in [0.2, 0.25) is 0 Å². The monoisotopic (exact) mass is 243 g/mol. The number of unbranched alkanes of at least 4 members (excludes halogenated alkanes) is 3. The van der Waals surface area contributed by atoms with E-state index in [1.54, 1.807) is 0 Å². The molecule has 0 amide bonds. The first-order valence-electron chi connectivity index (χ1n) is 7.41. The van der Waals surface area contributed by atoms with Crippen LogP contribution >= 0.6 is 0 Å². The summed E-state index contributed by atoms with van der Waals surface area (Å²) in [5.74, 6) is 1.53. The molecule has 104 valence electrons. The van der Waals surface area contributed by atoms with Crippen LogP contribution in [0.2, 0.25) is 0 Å². The average Bonchev–Trinajstić information content (AvgIpc) is 2.25. The van der Waals surface area contributed by atoms with Gasteiger partial charge in [-0.2, -0.15) is 0 Å². The fourth-order valence-electron chi connectivity index (χ4n) is 1.62. The average molecular weight is 243 g/mol. The highest BCUT2D eigenvalue weighted by molar-refractivity contribution is 4.52. The third-order valence-electron chi connectivity index (χ3n) is 2.78. The van der Waals surface area contributed by atoms with E-state index in [1.807, 2.05) is 0 Å². The Morgan fingerprint density at radius 2 is 1.53 bits per heavy atom. The first-order valence-corrected chi connectivity index (χ1v) is 7.41. The third-order valence-corrected chi connectivity index (χ3v) is 2.78. The van der Waals surface area contributed by atoms with Crippen molar-refractivity contribution in [3.8, 4) is 0 Å². The number of nitrogens with one attached hydrogen (secondary N) is 1. The van der Waals surface area contributed by atoms with Crippen LogP contribution in [-0.2, 0) is 4.74 Å². The molecule has 2 nitrogen and oxygen atoms in total. The predicted octanol–water partition coefficient (Wildman–Crippen LogP) is 3.86. The van der Waals surface area contributed by atoms with Crippen LogP contribution in [0.4, 0.5) is 0 Å². The van der Waals surface area contributed by atoms with Crippen molar-refractivity contribution in [2.45, 2.75) is 59.8 Å². The molecule has 0 spiro atoms. The second kappa shape index (κ2) is 12.4. The van der Waals surface area contributed by atoms with E-state index in [9.17, 15) is 0 Å². The summed E-state index contributed by atoms with van der Waals surface area (Å²) < 4.78 is 5.59. The van der Waals surface area contributed by atoms with Crippen molar-refractivity contribution in [3.63, 3.8) is 0 Å². The molecular formula is C15H33NO. The van der Waals surface area contributed by atoms with E-state index in [1.165, 1.54) is 38.6 Å².